The minimum absolute atomic E-state index is 0.380. The van der Waals surface area contributed by atoms with E-state index in [-0.39, 0.29) is 0 Å². The fourth-order valence-corrected chi connectivity index (χ4v) is 2.66. The highest BCUT2D eigenvalue weighted by Gasteiger charge is 2.12. The molecule has 17 heavy (non-hydrogen) atoms. The molecule has 3 rings (SSSR count). The number of pyridine rings is 1. The summed E-state index contributed by atoms with van der Waals surface area (Å²) in [6.45, 7) is 2.01. The average Bonchev–Trinajstić information content (AvgIpc) is 2.93. The van der Waals surface area contributed by atoms with Gasteiger partial charge in [0.05, 0.1) is 11.6 Å². The highest BCUT2D eigenvalue weighted by atomic mass is 35.5. The predicted molar refractivity (Wildman–Crippen MR) is 71.0 cm³/mol. The van der Waals surface area contributed by atoms with E-state index >= 15 is 0 Å². The van der Waals surface area contributed by atoms with Crippen LogP contribution >= 0.6 is 22.9 Å². The van der Waals surface area contributed by atoms with Crippen LogP contribution in [0.4, 0.5) is 0 Å². The molecule has 0 atom stereocenters. The molecule has 0 amide bonds. The molecule has 0 spiro atoms. The molecule has 86 valence electrons. The van der Waals surface area contributed by atoms with Gasteiger partial charge in [0, 0.05) is 11.6 Å². The van der Waals surface area contributed by atoms with Crippen LogP contribution in [0.5, 0.6) is 0 Å². The lowest BCUT2D eigenvalue weighted by Crippen LogP contribution is -1.98. The summed E-state index contributed by atoms with van der Waals surface area (Å²) in [5.74, 6) is 1.21. The van der Waals surface area contributed by atoms with Crippen LogP contribution in [0.2, 0.25) is 0 Å². The number of aromatic nitrogens is 3. The Bertz CT molecular complexity index is 658. The van der Waals surface area contributed by atoms with Gasteiger partial charge in [-0.05, 0) is 30.0 Å². The van der Waals surface area contributed by atoms with Crippen LogP contribution < -0.4 is 0 Å². The Hall–Kier alpha value is -1.39. The Morgan fingerprint density at radius 1 is 1.47 bits per heavy atom. The Kier molecular flexibility index (Phi) is 2.61. The van der Waals surface area contributed by atoms with E-state index in [2.05, 4.69) is 15.3 Å². The van der Waals surface area contributed by atoms with Crippen molar-refractivity contribution in [1.82, 2.24) is 14.5 Å². The molecule has 0 N–H and O–H groups in total. The van der Waals surface area contributed by atoms with Gasteiger partial charge in [-0.3, -0.25) is 4.57 Å². The minimum atomic E-state index is 0.380. The van der Waals surface area contributed by atoms with E-state index in [1.807, 2.05) is 35.2 Å². The van der Waals surface area contributed by atoms with Crippen LogP contribution in [0, 0.1) is 6.92 Å². The second-order valence-corrected chi connectivity index (χ2v) is 4.88. The Morgan fingerprint density at radius 2 is 2.35 bits per heavy atom. The van der Waals surface area contributed by atoms with Crippen molar-refractivity contribution in [3.8, 4) is 5.69 Å². The zero-order chi connectivity index (χ0) is 11.8. The van der Waals surface area contributed by atoms with Crippen molar-refractivity contribution in [3.63, 3.8) is 0 Å². The first-order valence-electron chi connectivity index (χ1n) is 5.22. The second kappa shape index (κ2) is 4.13. The Labute approximate surface area is 108 Å². The molecule has 0 saturated heterocycles. The fraction of sp³-hybridized carbons (Fsp3) is 0.167. The molecule has 0 aliphatic rings. The summed E-state index contributed by atoms with van der Waals surface area (Å²) in [4.78, 5) is 8.97. The quantitative estimate of drug-likeness (QED) is 0.662. The van der Waals surface area contributed by atoms with Gasteiger partial charge in [0.1, 0.15) is 11.3 Å². The SMILES string of the molecule is Cc1cnc2c(c1)nc(CCl)n2-c1ccsc1. The zero-order valence-electron chi connectivity index (χ0n) is 9.22. The van der Waals surface area contributed by atoms with E-state index in [4.69, 9.17) is 11.6 Å². The van der Waals surface area contributed by atoms with Gasteiger partial charge < -0.3 is 0 Å². The largest absolute Gasteiger partial charge is 0.279 e. The lowest BCUT2D eigenvalue weighted by Gasteiger charge is -2.03. The first-order valence-corrected chi connectivity index (χ1v) is 6.70. The molecule has 0 aliphatic carbocycles. The Morgan fingerprint density at radius 3 is 3.06 bits per heavy atom. The number of hydrogen-bond acceptors (Lipinski definition) is 3. The summed E-state index contributed by atoms with van der Waals surface area (Å²) in [5.41, 5.74) is 3.94. The summed E-state index contributed by atoms with van der Waals surface area (Å²) >= 11 is 7.60. The third-order valence-electron chi connectivity index (χ3n) is 2.59. The van der Waals surface area contributed by atoms with Crippen LogP contribution in [-0.4, -0.2) is 14.5 Å². The molecule has 3 aromatic heterocycles. The van der Waals surface area contributed by atoms with E-state index < -0.39 is 0 Å². The van der Waals surface area contributed by atoms with E-state index in [0.29, 0.717) is 5.88 Å². The van der Waals surface area contributed by atoms with Gasteiger partial charge >= 0.3 is 0 Å². The average molecular weight is 264 g/mol. The molecular formula is C12H10ClN3S. The number of nitrogens with zero attached hydrogens (tertiary/aromatic N) is 3. The van der Waals surface area contributed by atoms with E-state index in [1.165, 1.54) is 0 Å². The van der Waals surface area contributed by atoms with Crippen molar-refractivity contribution in [3.05, 3.63) is 40.5 Å². The second-order valence-electron chi connectivity index (χ2n) is 3.83. The van der Waals surface area contributed by atoms with Gasteiger partial charge in [-0.15, -0.1) is 11.6 Å². The van der Waals surface area contributed by atoms with Crippen molar-refractivity contribution in [2.45, 2.75) is 12.8 Å². The normalized spacial score (nSPS) is 11.2. The first kappa shape index (κ1) is 10.7. The zero-order valence-corrected chi connectivity index (χ0v) is 10.8. The van der Waals surface area contributed by atoms with Gasteiger partial charge in [0.25, 0.3) is 0 Å². The van der Waals surface area contributed by atoms with Crippen LogP contribution in [0.1, 0.15) is 11.4 Å². The predicted octanol–water partition coefficient (Wildman–Crippen LogP) is 3.53. The Balaban J connectivity index is 2.35. The number of rotatable bonds is 2. The number of thiophene rings is 1. The van der Waals surface area contributed by atoms with Crippen molar-refractivity contribution >= 4 is 34.1 Å². The number of fused-ring (bicyclic) bond motifs is 1. The molecule has 0 unspecified atom stereocenters. The smallest absolute Gasteiger partial charge is 0.164 e. The number of halogens is 1. The number of aryl methyl sites for hydroxylation is 1. The minimum Gasteiger partial charge on any atom is -0.279 e. The monoisotopic (exact) mass is 263 g/mol. The molecule has 3 nitrogen and oxygen atoms in total. The van der Waals surface area contributed by atoms with Gasteiger partial charge in [-0.25, -0.2) is 9.97 Å². The summed E-state index contributed by atoms with van der Waals surface area (Å²) < 4.78 is 2.01. The van der Waals surface area contributed by atoms with Crippen LogP contribution in [-0.2, 0) is 5.88 Å². The highest BCUT2D eigenvalue weighted by Crippen LogP contribution is 2.23. The van der Waals surface area contributed by atoms with E-state index in [0.717, 1.165) is 28.2 Å². The van der Waals surface area contributed by atoms with Crippen LogP contribution in [0.15, 0.2) is 29.1 Å². The molecule has 0 aliphatic heterocycles. The molecule has 0 bridgehead atoms. The maximum atomic E-state index is 5.95. The lowest BCUT2D eigenvalue weighted by molar-refractivity contribution is 0.974. The van der Waals surface area contributed by atoms with Crippen LogP contribution in [0.3, 0.4) is 0 Å². The molecule has 5 heteroatoms. The number of alkyl halides is 1. The molecule has 3 aromatic rings. The standard InChI is InChI=1S/C12H10ClN3S/c1-8-4-10-12(14-6-8)16(11(5-13)15-10)9-2-3-17-7-9/h2-4,6-7H,5H2,1H3. The molecule has 0 fully saturated rings. The van der Waals surface area contributed by atoms with Crippen LogP contribution in [0.25, 0.3) is 16.9 Å². The highest BCUT2D eigenvalue weighted by molar-refractivity contribution is 7.08. The van der Waals surface area contributed by atoms with Gasteiger partial charge in [-0.1, -0.05) is 0 Å². The molecular weight excluding hydrogens is 254 g/mol. The molecule has 3 heterocycles. The van der Waals surface area contributed by atoms with Gasteiger partial charge in [-0.2, -0.15) is 11.3 Å². The topological polar surface area (TPSA) is 30.7 Å². The summed E-state index contributed by atoms with van der Waals surface area (Å²) in [6.07, 6.45) is 1.85. The van der Waals surface area contributed by atoms with Crippen molar-refractivity contribution < 1.29 is 0 Å². The third-order valence-corrected chi connectivity index (χ3v) is 3.50. The summed E-state index contributed by atoms with van der Waals surface area (Å²) in [5, 5.41) is 4.10. The van der Waals surface area contributed by atoms with Crippen molar-refractivity contribution in [1.29, 1.82) is 0 Å². The lowest BCUT2D eigenvalue weighted by atomic mass is 10.3. The van der Waals surface area contributed by atoms with Gasteiger partial charge in [0.15, 0.2) is 5.65 Å². The number of hydrogen-bond donors (Lipinski definition) is 0. The molecule has 0 aromatic carbocycles. The van der Waals surface area contributed by atoms with Crippen molar-refractivity contribution in [2.75, 3.05) is 0 Å². The molecule has 0 radical (unpaired) electrons. The fourth-order valence-electron chi connectivity index (χ4n) is 1.86. The first-order chi connectivity index (χ1) is 8.29. The summed E-state index contributed by atoms with van der Waals surface area (Å²) in [7, 11) is 0. The van der Waals surface area contributed by atoms with Gasteiger partial charge in [0.2, 0.25) is 0 Å². The third kappa shape index (κ3) is 1.73. The summed E-state index contributed by atoms with van der Waals surface area (Å²) in [6, 6.07) is 4.07. The number of imidazole rings is 1. The molecule has 0 saturated carbocycles. The maximum Gasteiger partial charge on any atom is 0.164 e. The van der Waals surface area contributed by atoms with E-state index in [9.17, 15) is 0 Å². The maximum absolute atomic E-state index is 5.95. The van der Waals surface area contributed by atoms with Crippen molar-refractivity contribution in [2.24, 2.45) is 0 Å². The van der Waals surface area contributed by atoms with E-state index in [1.54, 1.807) is 11.3 Å².